The van der Waals surface area contributed by atoms with Gasteiger partial charge in [0.25, 0.3) is 0 Å². The van der Waals surface area contributed by atoms with Crippen molar-refractivity contribution in [1.82, 2.24) is 0 Å². The van der Waals surface area contributed by atoms with Gasteiger partial charge in [0.2, 0.25) is 0 Å². The number of phosphoric acid groups is 2. The third kappa shape index (κ3) is 12.2. The van der Waals surface area contributed by atoms with Crippen molar-refractivity contribution in [2.75, 3.05) is 0 Å². The van der Waals surface area contributed by atoms with E-state index < -0.39 is 33.0 Å². The van der Waals surface area contributed by atoms with Gasteiger partial charge in [0.05, 0.1) is 6.10 Å². The minimum atomic E-state index is -4.67. The van der Waals surface area contributed by atoms with Gasteiger partial charge in [0.15, 0.2) is 0 Å². The zero-order valence-corrected chi connectivity index (χ0v) is 24.0. The van der Waals surface area contributed by atoms with Crippen molar-refractivity contribution in [2.45, 2.75) is 95.4 Å². The second-order valence-electron chi connectivity index (χ2n) is 10.2. The van der Waals surface area contributed by atoms with E-state index in [1.165, 1.54) is 0 Å². The minimum Gasteiger partial charge on any atom is -0.393 e. The fourth-order valence-corrected chi connectivity index (χ4v) is 6.22. The van der Waals surface area contributed by atoms with E-state index in [-0.39, 0.29) is 0 Å². The highest BCUT2D eigenvalue weighted by molar-refractivity contribution is 7.46. The van der Waals surface area contributed by atoms with Gasteiger partial charge in [-0.25, -0.2) is 9.13 Å². The topological polar surface area (TPSA) is 154 Å². The van der Waals surface area contributed by atoms with E-state index in [1.54, 1.807) is 62.4 Å². The highest BCUT2D eigenvalue weighted by atomic mass is 31.2. The Morgan fingerprint density at radius 2 is 0.974 bits per heavy atom. The maximum atomic E-state index is 11.5. The van der Waals surface area contributed by atoms with E-state index in [9.17, 15) is 33.8 Å². The number of hydrogen-bond donors (Lipinski definition) is 5. The second-order valence-corrected chi connectivity index (χ2v) is 12.5. The Balaban J connectivity index is 1.71. The van der Waals surface area contributed by atoms with Gasteiger partial charge in [-0.15, -0.1) is 0 Å². The molecule has 0 radical (unpaired) electrons. The van der Waals surface area contributed by atoms with E-state index in [0.29, 0.717) is 49.7 Å². The molecule has 0 heterocycles. The SMILES string of the molecule is CC(CCCCCC(O)CCCCCC(C)(OP(=O)(O)O)c1ccccc1)(OP(=O)(O)O)c1ccccc1. The zero-order valence-electron chi connectivity index (χ0n) is 22.2. The van der Waals surface area contributed by atoms with Crippen LogP contribution in [-0.2, 0) is 29.4 Å². The molecule has 2 unspecified atom stereocenters. The van der Waals surface area contributed by atoms with Crippen LogP contribution in [0.2, 0.25) is 0 Å². The van der Waals surface area contributed by atoms with Gasteiger partial charge in [0, 0.05) is 0 Å². The average Bonchev–Trinajstić information content (AvgIpc) is 2.82. The quantitative estimate of drug-likeness (QED) is 0.102. The molecule has 38 heavy (non-hydrogen) atoms. The van der Waals surface area contributed by atoms with Crippen LogP contribution < -0.4 is 0 Å². The molecule has 0 aromatic heterocycles. The number of aliphatic hydroxyl groups excluding tert-OH is 1. The molecule has 0 bridgehead atoms. The van der Waals surface area contributed by atoms with E-state index in [4.69, 9.17) is 9.05 Å². The number of unbranched alkanes of at least 4 members (excludes halogenated alkanes) is 4. The molecule has 0 aliphatic carbocycles. The van der Waals surface area contributed by atoms with Crippen molar-refractivity contribution >= 4 is 15.6 Å². The molecule has 0 aliphatic rings. The molecule has 2 aromatic carbocycles. The third-order valence-corrected chi connectivity index (χ3v) is 8.07. The molecule has 0 aliphatic heterocycles. The fraction of sp³-hybridized carbons (Fsp3) is 0.556. The molecule has 2 aromatic rings. The van der Waals surface area contributed by atoms with E-state index in [1.807, 2.05) is 12.1 Å². The summed E-state index contributed by atoms with van der Waals surface area (Å²) < 4.78 is 33.4. The first kappa shape index (κ1) is 32.8. The van der Waals surface area contributed by atoms with Crippen LogP contribution in [-0.4, -0.2) is 30.8 Å². The van der Waals surface area contributed by atoms with E-state index >= 15 is 0 Å². The minimum absolute atomic E-state index is 0.440. The smallest absolute Gasteiger partial charge is 0.393 e. The summed E-state index contributed by atoms with van der Waals surface area (Å²) in [7, 11) is -9.34. The van der Waals surface area contributed by atoms with Gasteiger partial charge in [-0.05, 0) is 50.7 Å². The number of hydrogen-bond acceptors (Lipinski definition) is 5. The molecule has 0 fully saturated rings. The van der Waals surface area contributed by atoms with Crippen molar-refractivity contribution in [3.8, 4) is 0 Å². The Bertz CT molecular complexity index is 958. The van der Waals surface area contributed by atoms with Crippen molar-refractivity contribution in [2.24, 2.45) is 0 Å². The largest absolute Gasteiger partial charge is 0.470 e. The summed E-state index contributed by atoms with van der Waals surface area (Å²) >= 11 is 0. The maximum absolute atomic E-state index is 11.5. The van der Waals surface area contributed by atoms with Crippen molar-refractivity contribution in [3.63, 3.8) is 0 Å². The lowest BCUT2D eigenvalue weighted by Crippen LogP contribution is -2.25. The van der Waals surface area contributed by atoms with Crippen molar-refractivity contribution in [3.05, 3.63) is 71.8 Å². The monoisotopic (exact) mass is 572 g/mol. The maximum Gasteiger partial charge on any atom is 0.470 e. The molecule has 0 amide bonds. The summed E-state index contributed by atoms with van der Waals surface area (Å²) in [6.07, 6.45) is 6.21. The van der Waals surface area contributed by atoms with Gasteiger partial charge in [0.1, 0.15) is 11.2 Å². The zero-order chi connectivity index (χ0) is 28.3. The first-order valence-electron chi connectivity index (χ1n) is 13.0. The Hall–Kier alpha value is -1.38. The molecule has 214 valence electrons. The number of phosphoric ester groups is 2. The highest BCUT2D eigenvalue weighted by Crippen LogP contribution is 2.48. The summed E-state index contributed by atoms with van der Waals surface area (Å²) in [5, 5.41) is 10.4. The molecule has 0 saturated carbocycles. The Labute approximate surface area is 225 Å². The average molecular weight is 573 g/mol. The standard InChI is InChI=1S/C27H42O9P2/c1-26(35-37(29,30)31,23-15-7-3-8-16-23)21-13-5-11-19-25(28)20-12-6-14-22-27(2,36-38(32,33)34)24-17-9-4-10-18-24/h3-4,7-10,15-18,25,28H,5-6,11-14,19-22H2,1-2H3,(H2,29,30,31)(H2,32,33,34). The fourth-order valence-electron chi connectivity index (χ4n) is 4.77. The van der Waals surface area contributed by atoms with Gasteiger partial charge in [-0.1, -0.05) is 99.2 Å². The number of benzene rings is 2. The lowest BCUT2D eigenvalue weighted by atomic mass is 9.89. The Kier molecular flexibility index (Phi) is 12.8. The van der Waals surface area contributed by atoms with Gasteiger partial charge >= 0.3 is 15.6 Å². The Morgan fingerprint density at radius 3 is 1.29 bits per heavy atom. The van der Waals surface area contributed by atoms with Crippen LogP contribution in [0, 0.1) is 0 Å². The number of rotatable bonds is 18. The van der Waals surface area contributed by atoms with E-state index in [2.05, 4.69) is 0 Å². The van der Waals surface area contributed by atoms with Crippen LogP contribution in [0.15, 0.2) is 60.7 Å². The Morgan fingerprint density at radius 1 is 0.632 bits per heavy atom. The lowest BCUT2D eigenvalue weighted by molar-refractivity contribution is 0.0357. The summed E-state index contributed by atoms with van der Waals surface area (Å²) in [6, 6.07) is 18.1. The molecule has 0 spiro atoms. The second kappa shape index (κ2) is 14.8. The van der Waals surface area contributed by atoms with Gasteiger partial charge < -0.3 is 24.7 Å². The molecular weight excluding hydrogens is 530 g/mol. The van der Waals surface area contributed by atoms with Crippen LogP contribution in [0.3, 0.4) is 0 Å². The molecular formula is C27H42O9P2. The van der Waals surface area contributed by atoms with Gasteiger partial charge in [-0.3, -0.25) is 9.05 Å². The molecule has 11 heteroatoms. The van der Waals surface area contributed by atoms with Crippen molar-refractivity contribution < 1.29 is 42.9 Å². The predicted molar refractivity (Wildman–Crippen MR) is 146 cm³/mol. The van der Waals surface area contributed by atoms with E-state index in [0.717, 1.165) is 25.7 Å². The van der Waals surface area contributed by atoms with Crippen LogP contribution in [0.5, 0.6) is 0 Å². The van der Waals surface area contributed by atoms with Gasteiger partial charge in [-0.2, -0.15) is 0 Å². The normalized spacial score (nSPS) is 16.5. The predicted octanol–water partition coefficient (Wildman–Crippen LogP) is 6.30. The highest BCUT2D eigenvalue weighted by Gasteiger charge is 2.35. The molecule has 5 N–H and O–H groups in total. The first-order chi connectivity index (χ1) is 17.7. The molecule has 2 rings (SSSR count). The molecule has 2 atom stereocenters. The summed E-state index contributed by atoms with van der Waals surface area (Å²) in [5.74, 6) is 0. The van der Waals surface area contributed by atoms with Crippen LogP contribution in [0.4, 0.5) is 0 Å². The number of aliphatic hydroxyl groups is 1. The molecule has 9 nitrogen and oxygen atoms in total. The molecule has 0 saturated heterocycles. The lowest BCUT2D eigenvalue weighted by Gasteiger charge is -2.30. The van der Waals surface area contributed by atoms with Crippen LogP contribution >= 0.6 is 15.6 Å². The summed E-state index contributed by atoms with van der Waals surface area (Å²) in [5.41, 5.74) is -0.788. The summed E-state index contributed by atoms with van der Waals surface area (Å²) in [4.78, 5) is 37.5. The van der Waals surface area contributed by atoms with Crippen LogP contribution in [0.1, 0.15) is 89.2 Å². The van der Waals surface area contributed by atoms with Crippen molar-refractivity contribution in [1.29, 1.82) is 0 Å². The first-order valence-corrected chi connectivity index (χ1v) is 16.1. The van der Waals surface area contributed by atoms with Crippen LogP contribution in [0.25, 0.3) is 0 Å². The third-order valence-electron chi connectivity index (χ3n) is 6.79. The summed E-state index contributed by atoms with van der Waals surface area (Å²) in [6.45, 7) is 3.37.